The van der Waals surface area contributed by atoms with Gasteiger partial charge in [-0.05, 0) is 49.6 Å². The molecule has 2 aliphatic rings. The summed E-state index contributed by atoms with van der Waals surface area (Å²) in [6, 6.07) is 16.3. The molecule has 27 heavy (non-hydrogen) atoms. The molecule has 4 rings (SSSR count). The highest BCUT2D eigenvalue weighted by Crippen LogP contribution is 2.40. The lowest BCUT2D eigenvalue weighted by Crippen LogP contribution is -2.42. The van der Waals surface area contributed by atoms with E-state index in [1.807, 2.05) is 36.0 Å². The van der Waals surface area contributed by atoms with Crippen LogP contribution in [-0.4, -0.2) is 23.5 Å². The second-order valence-corrected chi connectivity index (χ2v) is 8.84. The first-order valence-corrected chi connectivity index (χ1v) is 11.0. The van der Waals surface area contributed by atoms with E-state index in [4.69, 9.17) is 4.74 Å². The van der Waals surface area contributed by atoms with E-state index < -0.39 is 5.41 Å². The molecule has 1 saturated carbocycles. The predicted molar refractivity (Wildman–Crippen MR) is 113 cm³/mol. The number of carbonyl (C=O) groups is 1. The standard InChI is InChI=1S/C23H27NO2S/c1-17-5-7-18(8-6-17)23(13-3-2-4-14-23)22(25)24-19-9-11-20(12-10-19)26-21-15-27-16-21/h5-12,21H,2-4,13-16H2,1H3,(H,24,25). The van der Waals surface area contributed by atoms with E-state index in [-0.39, 0.29) is 5.91 Å². The van der Waals surface area contributed by atoms with Crippen molar-refractivity contribution in [3.63, 3.8) is 0 Å². The van der Waals surface area contributed by atoms with Gasteiger partial charge in [0.1, 0.15) is 11.9 Å². The summed E-state index contributed by atoms with van der Waals surface area (Å²) in [5.74, 6) is 3.13. The Labute approximate surface area is 165 Å². The van der Waals surface area contributed by atoms with E-state index in [2.05, 4.69) is 36.5 Å². The van der Waals surface area contributed by atoms with Gasteiger partial charge in [-0.15, -0.1) is 0 Å². The van der Waals surface area contributed by atoms with Crippen LogP contribution in [0.3, 0.4) is 0 Å². The number of thioether (sulfide) groups is 1. The van der Waals surface area contributed by atoms with Crippen molar-refractivity contribution in [2.24, 2.45) is 0 Å². The molecule has 0 atom stereocenters. The lowest BCUT2D eigenvalue weighted by atomic mass is 9.68. The van der Waals surface area contributed by atoms with Crippen molar-refractivity contribution in [3.05, 3.63) is 59.7 Å². The maximum absolute atomic E-state index is 13.3. The van der Waals surface area contributed by atoms with Gasteiger partial charge in [-0.3, -0.25) is 4.79 Å². The zero-order valence-electron chi connectivity index (χ0n) is 15.9. The lowest BCUT2D eigenvalue weighted by Gasteiger charge is -2.36. The van der Waals surface area contributed by atoms with Gasteiger partial charge in [0.15, 0.2) is 0 Å². The number of ether oxygens (including phenoxy) is 1. The lowest BCUT2D eigenvalue weighted by molar-refractivity contribution is -0.122. The minimum absolute atomic E-state index is 0.120. The fourth-order valence-corrected chi connectivity index (χ4v) is 4.58. The Kier molecular flexibility index (Phi) is 5.44. The normalized spacial score (nSPS) is 19.1. The summed E-state index contributed by atoms with van der Waals surface area (Å²) in [4.78, 5) is 13.3. The Hall–Kier alpha value is -1.94. The van der Waals surface area contributed by atoms with Gasteiger partial charge in [-0.2, -0.15) is 11.8 Å². The van der Waals surface area contributed by atoms with E-state index in [1.165, 1.54) is 12.0 Å². The van der Waals surface area contributed by atoms with Crippen LogP contribution in [0.15, 0.2) is 48.5 Å². The zero-order valence-corrected chi connectivity index (χ0v) is 16.7. The van der Waals surface area contributed by atoms with Gasteiger partial charge < -0.3 is 10.1 Å². The molecule has 1 N–H and O–H groups in total. The molecule has 1 heterocycles. The molecular weight excluding hydrogens is 354 g/mol. The fraction of sp³-hybridized carbons (Fsp3) is 0.435. The summed E-state index contributed by atoms with van der Waals surface area (Å²) >= 11 is 1.91. The Bertz CT molecular complexity index is 775. The molecule has 0 aromatic heterocycles. The fourth-order valence-electron chi connectivity index (χ4n) is 4.02. The van der Waals surface area contributed by atoms with Crippen molar-refractivity contribution < 1.29 is 9.53 Å². The quantitative estimate of drug-likeness (QED) is 0.761. The van der Waals surface area contributed by atoms with Crippen LogP contribution >= 0.6 is 11.8 Å². The van der Waals surface area contributed by atoms with Crippen molar-refractivity contribution in [2.75, 3.05) is 16.8 Å². The summed E-state index contributed by atoms with van der Waals surface area (Å²) in [6.07, 6.45) is 5.60. The molecule has 1 saturated heterocycles. The monoisotopic (exact) mass is 381 g/mol. The Morgan fingerprint density at radius 3 is 2.26 bits per heavy atom. The number of amides is 1. The van der Waals surface area contributed by atoms with E-state index in [9.17, 15) is 4.79 Å². The number of rotatable bonds is 5. The van der Waals surface area contributed by atoms with Crippen LogP contribution in [-0.2, 0) is 10.2 Å². The van der Waals surface area contributed by atoms with Gasteiger partial charge >= 0.3 is 0 Å². The summed E-state index contributed by atoms with van der Waals surface area (Å²) in [5.41, 5.74) is 2.80. The SMILES string of the molecule is Cc1ccc(C2(C(=O)Nc3ccc(OC4CSC4)cc3)CCCCC2)cc1. The number of anilines is 1. The molecule has 2 fully saturated rings. The molecule has 0 unspecified atom stereocenters. The molecule has 1 amide bonds. The summed E-state index contributed by atoms with van der Waals surface area (Å²) in [7, 11) is 0. The van der Waals surface area contributed by atoms with Crippen LogP contribution < -0.4 is 10.1 Å². The molecule has 142 valence electrons. The van der Waals surface area contributed by atoms with Gasteiger partial charge in [0.25, 0.3) is 0 Å². The highest BCUT2D eigenvalue weighted by Gasteiger charge is 2.41. The number of hydrogen-bond acceptors (Lipinski definition) is 3. The largest absolute Gasteiger partial charge is 0.489 e. The molecule has 2 aromatic carbocycles. The maximum Gasteiger partial charge on any atom is 0.235 e. The molecule has 0 radical (unpaired) electrons. The van der Waals surface area contributed by atoms with Crippen molar-refractivity contribution >= 4 is 23.4 Å². The van der Waals surface area contributed by atoms with Crippen LogP contribution in [0, 0.1) is 6.92 Å². The zero-order chi connectivity index (χ0) is 18.7. The molecule has 2 aromatic rings. The van der Waals surface area contributed by atoms with Crippen LogP contribution in [0.5, 0.6) is 5.75 Å². The molecule has 0 spiro atoms. The first-order valence-electron chi connectivity index (χ1n) is 9.89. The predicted octanol–water partition coefficient (Wildman–Crippen LogP) is 5.33. The van der Waals surface area contributed by atoms with Crippen molar-refractivity contribution in [3.8, 4) is 5.75 Å². The second-order valence-electron chi connectivity index (χ2n) is 7.76. The molecular formula is C23H27NO2S. The highest BCUT2D eigenvalue weighted by atomic mass is 32.2. The second kappa shape index (κ2) is 7.97. The Morgan fingerprint density at radius 2 is 1.67 bits per heavy atom. The van der Waals surface area contributed by atoms with Crippen LogP contribution in [0.25, 0.3) is 0 Å². The van der Waals surface area contributed by atoms with Crippen molar-refractivity contribution in [2.45, 2.75) is 50.5 Å². The molecule has 1 aliphatic heterocycles. The van der Waals surface area contributed by atoms with Gasteiger partial charge in [0.05, 0.1) is 5.41 Å². The average Bonchev–Trinajstić information content (AvgIpc) is 2.67. The molecule has 4 heteroatoms. The summed E-state index contributed by atoms with van der Waals surface area (Å²) in [5, 5.41) is 3.18. The maximum atomic E-state index is 13.3. The van der Waals surface area contributed by atoms with Gasteiger partial charge in [-0.25, -0.2) is 0 Å². The topological polar surface area (TPSA) is 38.3 Å². The summed E-state index contributed by atoms with van der Waals surface area (Å²) in [6.45, 7) is 2.09. The van der Waals surface area contributed by atoms with Gasteiger partial charge in [-0.1, -0.05) is 49.1 Å². The number of hydrogen-bond donors (Lipinski definition) is 1. The van der Waals surface area contributed by atoms with Crippen LogP contribution in [0.4, 0.5) is 5.69 Å². The minimum Gasteiger partial charge on any atom is -0.489 e. The number of carbonyl (C=O) groups excluding carboxylic acids is 1. The van der Waals surface area contributed by atoms with Crippen molar-refractivity contribution in [1.82, 2.24) is 0 Å². The molecule has 0 bridgehead atoms. The van der Waals surface area contributed by atoms with E-state index in [0.29, 0.717) is 6.10 Å². The first-order chi connectivity index (χ1) is 13.2. The van der Waals surface area contributed by atoms with E-state index >= 15 is 0 Å². The van der Waals surface area contributed by atoms with Crippen LogP contribution in [0.2, 0.25) is 0 Å². The smallest absolute Gasteiger partial charge is 0.235 e. The average molecular weight is 382 g/mol. The third-order valence-corrected chi connectivity index (χ3v) is 6.98. The van der Waals surface area contributed by atoms with Crippen molar-refractivity contribution in [1.29, 1.82) is 0 Å². The van der Waals surface area contributed by atoms with Crippen LogP contribution in [0.1, 0.15) is 43.2 Å². The van der Waals surface area contributed by atoms with E-state index in [1.54, 1.807) is 0 Å². The Balaban J connectivity index is 1.50. The third kappa shape index (κ3) is 4.01. The molecule has 3 nitrogen and oxygen atoms in total. The number of aryl methyl sites for hydroxylation is 1. The summed E-state index contributed by atoms with van der Waals surface area (Å²) < 4.78 is 5.89. The third-order valence-electron chi connectivity index (χ3n) is 5.77. The van der Waals surface area contributed by atoms with Gasteiger partial charge in [0, 0.05) is 17.2 Å². The van der Waals surface area contributed by atoms with E-state index in [0.717, 1.165) is 54.2 Å². The van der Waals surface area contributed by atoms with Gasteiger partial charge in [0.2, 0.25) is 5.91 Å². The first kappa shape index (κ1) is 18.4. The molecule has 1 aliphatic carbocycles. The Morgan fingerprint density at radius 1 is 1.00 bits per heavy atom. The minimum atomic E-state index is -0.412. The highest BCUT2D eigenvalue weighted by molar-refractivity contribution is 8.00. The number of nitrogens with one attached hydrogen (secondary N) is 1. The number of benzene rings is 2.